The fraction of sp³-hybridized carbons (Fsp3) is 0.727. The van der Waals surface area contributed by atoms with E-state index in [1.165, 1.54) is 7.11 Å². The van der Waals surface area contributed by atoms with Gasteiger partial charge in [0.05, 0.1) is 7.11 Å². The van der Waals surface area contributed by atoms with Gasteiger partial charge in [-0.15, -0.1) is 0 Å². The van der Waals surface area contributed by atoms with E-state index < -0.39 is 0 Å². The highest BCUT2D eigenvalue weighted by Gasteiger charge is 2.26. The van der Waals surface area contributed by atoms with E-state index in [2.05, 4.69) is 17.0 Å². The summed E-state index contributed by atoms with van der Waals surface area (Å²) in [6.45, 7) is 4.36. The molecule has 1 aromatic rings. The number of ether oxygens (including phenoxy) is 1. The molecule has 2 rings (SSSR count). The van der Waals surface area contributed by atoms with Gasteiger partial charge in [0.25, 0.3) is 0 Å². The minimum atomic E-state index is -0.236. The number of nitrogens with zero attached hydrogens (tertiary/aromatic N) is 4. The maximum atomic E-state index is 11.4. The number of methoxy groups -OCH3 is 1. The van der Waals surface area contributed by atoms with Crippen LogP contribution in [0.1, 0.15) is 31.5 Å². The first-order chi connectivity index (χ1) is 8.26. The van der Waals surface area contributed by atoms with Gasteiger partial charge >= 0.3 is 6.09 Å². The Kier molecular flexibility index (Phi) is 3.61. The summed E-state index contributed by atoms with van der Waals surface area (Å²) in [5, 5.41) is 4.18. The molecule has 1 amide bonds. The first-order valence-electron chi connectivity index (χ1n) is 5.96. The number of hydrogen-bond donors (Lipinski definition) is 0. The average Bonchev–Trinajstić information content (AvgIpc) is 2.86. The predicted molar refractivity (Wildman–Crippen MR) is 61.6 cm³/mol. The van der Waals surface area contributed by atoms with E-state index in [-0.39, 0.29) is 6.09 Å². The number of carbonyl (C=O) groups is 1. The Hall–Kier alpha value is -1.59. The molecule has 1 aromatic heterocycles. The van der Waals surface area contributed by atoms with Gasteiger partial charge in [-0.2, -0.15) is 5.10 Å². The number of piperidine rings is 1. The van der Waals surface area contributed by atoms with E-state index in [1.54, 1.807) is 11.2 Å². The number of aryl methyl sites for hydroxylation is 1. The molecule has 0 radical (unpaired) electrons. The largest absolute Gasteiger partial charge is 0.453 e. The fourth-order valence-electron chi connectivity index (χ4n) is 2.28. The number of amides is 1. The van der Waals surface area contributed by atoms with Crippen LogP contribution in [0, 0.1) is 0 Å². The lowest BCUT2D eigenvalue weighted by Crippen LogP contribution is -2.38. The molecule has 0 unspecified atom stereocenters. The van der Waals surface area contributed by atoms with Crippen LogP contribution in [0.3, 0.4) is 0 Å². The van der Waals surface area contributed by atoms with Gasteiger partial charge in [0, 0.05) is 25.6 Å². The van der Waals surface area contributed by atoms with Crippen molar-refractivity contribution in [3.8, 4) is 0 Å². The van der Waals surface area contributed by atoms with Gasteiger partial charge in [-0.3, -0.25) is 4.68 Å². The van der Waals surface area contributed by atoms with Crippen molar-refractivity contribution in [3.63, 3.8) is 0 Å². The predicted octanol–water partition coefficient (Wildman–Crippen LogP) is 1.24. The summed E-state index contributed by atoms with van der Waals surface area (Å²) >= 11 is 0. The molecule has 2 heterocycles. The molecule has 1 fully saturated rings. The van der Waals surface area contributed by atoms with Crippen molar-refractivity contribution < 1.29 is 9.53 Å². The van der Waals surface area contributed by atoms with Crippen LogP contribution in [0.2, 0.25) is 0 Å². The Morgan fingerprint density at radius 2 is 2.24 bits per heavy atom. The van der Waals surface area contributed by atoms with Crippen LogP contribution < -0.4 is 0 Å². The summed E-state index contributed by atoms with van der Waals surface area (Å²) in [6, 6.07) is 0. The molecule has 17 heavy (non-hydrogen) atoms. The van der Waals surface area contributed by atoms with Crippen molar-refractivity contribution in [2.45, 2.75) is 32.2 Å². The second-order valence-corrected chi connectivity index (χ2v) is 4.17. The summed E-state index contributed by atoms with van der Waals surface area (Å²) in [6.07, 6.45) is 3.22. The number of aromatic nitrogens is 3. The highest BCUT2D eigenvalue weighted by molar-refractivity contribution is 5.67. The van der Waals surface area contributed by atoms with Crippen LogP contribution in [0.4, 0.5) is 4.79 Å². The van der Waals surface area contributed by atoms with E-state index in [4.69, 9.17) is 4.74 Å². The van der Waals surface area contributed by atoms with Gasteiger partial charge in [-0.25, -0.2) is 9.78 Å². The molecular weight excluding hydrogens is 220 g/mol. The van der Waals surface area contributed by atoms with Crippen LogP contribution >= 0.6 is 0 Å². The standard InChI is InChI=1S/C11H18N4O2/c1-3-15-10(12-8-13-15)9-4-6-14(7-5-9)11(16)17-2/h8-9H,3-7H2,1-2H3. The highest BCUT2D eigenvalue weighted by Crippen LogP contribution is 2.26. The molecular formula is C11H18N4O2. The van der Waals surface area contributed by atoms with E-state index >= 15 is 0 Å². The molecule has 0 aromatic carbocycles. The zero-order valence-corrected chi connectivity index (χ0v) is 10.3. The molecule has 6 heteroatoms. The zero-order valence-electron chi connectivity index (χ0n) is 10.3. The second kappa shape index (κ2) is 5.16. The monoisotopic (exact) mass is 238 g/mol. The van der Waals surface area contributed by atoms with E-state index in [1.807, 2.05) is 4.68 Å². The molecule has 6 nitrogen and oxygen atoms in total. The van der Waals surface area contributed by atoms with Crippen LogP contribution in [0.25, 0.3) is 0 Å². The van der Waals surface area contributed by atoms with E-state index in [0.29, 0.717) is 5.92 Å². The quantitative estimate of drug-likeness (QED) is 0.778. The van der Waals surface area contributed by atoms with Crippen LogP contribution in [0.5, 0.6) is 0 Å². The van der Waals surface area contributed by atoms with Crippen molar-refractivity contribution in [2.24, 2.45) is 0 Å². The second-order valence-electron chi connectivity index (χ2n) is 4.17. The Morgan fingerprint density at radius 3 is 2.82 bits per heavy atom. The molecule has 0 N–H and O–H groups in total. The maximum absolute atomic E-state index is 11.4. The molecule has 0 bridgehead atoms. The topological polar surface area (TPSA) is 60.2 Å². The highest BCUT2D eigenvalue weighted by atomic mass is 16.5. The van der Waals surface area contributed by atoms with Crippen molar-refractivity contribution in [2.75, 3.05) is 20.2 Å². The van der Waals surface area contributed by atoms with Crippen molar-refractivity contribution in [1.29, 1.82) is 0 Å². The molecule has 0 atom stereocenters. The summed E-state index contributed by atoms with van der Waals surface area (Å²) in [7, 11) is 1.42. The third-order valence-electron chi connectivity index (χ3n) is 3.24. The molecule has 0 saturated carbocycles. The summed E-state index contributed by atoms with van der Waals surface area (Å²) in [4.78, 5) is 17.4. The molecule has 0 spiro atoms. The number of likely N-dealkylation sites (tertiary alicyclic amines) is 1. The SMILES string of the molecule is CCn1ncnc1C1CCN(C(=O)OC)CC1. The van der Waals surface area contributed by atoms with Crippen molar-refractivity contribution >= 4 is 6.09 Å². The lowest BCUT2D eigenvalue weighted by molar-refractivity contribution is 0.111. The Bertz CT molecular complexity index is 383. The Balaban J connectivity index is 1.97. The van der Waals surface area contributed by atoms with Gasteiger partial charge in [0.2, 0.25) is 0 Å². The molecule has 0 aliphatic carbocycles. The van der Waals surface area contributed by atoms with Crippen LogP contribution in [-0.2, 0) is 11.3 Å². The van der Waals surface area contributed by atoms with Crippen LogP contribution in [0.15, 0.2) is 6.33 Å². The summed E-state index contributed by atoms with van der Waals surface area (Å²) < 4.78 is 6.64. The fourth-order valence-corrected chi connectivity index (χ4v) is 2.28. The normalized spacial score (nSPS) is 17.2. The molecule has 94 valence electrons. The summed E-state index contributed by atoms with van der Waals surface area (Å²) in [5.41, 5.74) is 0. The third kappa shape index (κ3) is 2.40. The van der Waals surface area contributed by atoms with Gasteiger partial charge < -0.3 is 9.64 Å². The Labute approximate surface area is 101 Å². The minimum absolute atomic E-state index is 0.236. The molecule has 1 aliphatic heterocycles. The van der Waals surface area contributed by atoms with E-state index in [9.17, 15) is 4.79 Å². The lowest BCUT2D eigenvalue weighted by Gasteiger charge is -2.30. The van der Waals surface area contributed by atoms with Gasteiger partial charge in [-0.05, 0) is 19.8 Å². The zero-order chi connectivity index (χ0) is 12.3. The first kappa shape index (κ1) is 11.9. The van der Waals surface area contributed by atoms with Gasteiger partial charge in [-0.1, -0.05) is 0 Å². The number of carbonyl (C=O) groups excluding carboxylic acids is 1. The number of hydrogen-bond acceptors (Lipinski definition) is 4. The molecule has 1 saturated heterocycles. The van der Waals surface area contributed by atoms with Crippen LogP contribution in [-0.4, -0.2) is 46.0 Å². The third-order valence-corrected chi connectivity index (χ3v) is 3.24. The van der Waals surface area contributed by atoms with E-state index in [0.717, 1.165) is 38.3 Å². The average molecular weight is 238 g/mol. The van der Waals surface area contributed by atoms with Crippen molar-refractivity contribution in [3.05, 3.63) is 12.2 Å². The van der Waals surface area contributed by atoms with Gasteiger partial charge in [0.15, 0.2) is 0 Å². The molecule has 1 aliphatic rings. The van der Waals surface area contributed by atoms with Gasteiger partial charge in [0.1, 0.15) is 12.2 Å². The smallest absolute Gasteiger partial charge is 0.409 e. The maximum Gasteiger partial charge on any atom is 0.409 e. The Morgan fingerprint density at radius 1 is 1.53 bits per heavy atom. The van der Waals surface area contributed by atoms with Crippen molar-refractivity contribution in [1.82, 2.24) is 19.7 Å². The minimum Gasteiger partial charge on any atom is -0.453 e. The number of rotatable bonds is 2. The lowest BCUT2D eigenvalue weighted by atomic mass is 9.96. The first-order valence-corrected chi connectivity index (χ1v) is 5.96. The summed E-state index contributed by atoms with van der Waals surface area (Å²) in [5.74, 6) is 1.44.